The summed E-state index contributed by atoms with van der Waals surface area (Å²) in [7, 11) is 0. The molecule has 0 amide bonds. The lowest BCUT2D eigenvalue weighted by atomic mass is 9.88. The first kappa shape index (κ1) is 18.4. The van der Waals surface area contributed by atoms with E-state index in [4.69, 9.17) is 15.3 Å². The van der Waals surface area contributed by atoms with Crippen LogP contribution in [0.1, 0.15) is 38.8 Å². The zero-order chi connectivity index (χ0) is 16.8. The zero-order valence-electron chi connectivity index (χ0n) is 13.8. The van der Waals surface area contributed by atoms with Crippen molar-refractivity contribution in [2.75, 3.05) is 13.2 Å². The van der Waals surface area contributed by atoms with E-state index in [2.05, 4.69) is 18.1 Å². The van der Waals surface area contributed by atoms with Crippen LogP contribution in [0.4, 0.5) is 0 Å². The molecular weight excluding hydrogens is 280 g/mol. The van der Waals surface area contributed by atoms with Gasteiger partial charge in [0.15, 0.2) is 0 Å². The first-order chi connectivity index (χ1) is 10.2. The molecule has 122 valence electrons. The highest BCUT2D eigenvalue weighted by molar-refractivity contribution is 5.81. The highest BCUT2D eigenvalue weighted by Crippen LogP contribution is 2.25. The summed E-state index contributed by atoms with van der Waals surface area (Å²) >= 11 is 0. The van der Waals surface area contributed by atoms with Gasteiger partial charge < -0.3 is 10.5 Å². The Morgan fingerprint density at radius 3 is 2.50 bits per heavy atom. The molecular formula is C17H26N2O3. The van der Waals surface area contributed by atoms with E-state index in [0.29, 0.717) is 0 Å². The molecule has 0 saturated heterocycles. The molecule has 0 spiro atoms. The van der Waals surface area contributed by atoms with Crippen LogP contribution in [0.25, 0.3) is 0 Å². The fourth-order valence-electron chi connectivity index (χ4n) is 1.84. The molecule has 0 atom stereocenters. The number of carbonyl (C=O) groups is 1. The zero-order valence-corrected chi connectivity index (χ0v) is 13.8. The fourth-order valence-corrected chi connectivity index (χ4v) is 1.84. The van der Waals surface area contributed by atoms with Crippen molar-refractivity contribution in [1.82, 2.24) is 5.48 Å². The van der Waals surface area contributed by atoms with Crippen molar-refractivity contribution in [3.8, 4) is 0 Å². The topological polar surface area (TPSA) is 73.6 Å². The molecule has 0 aliphatic rings. The Labute approximate surface area is 132 Å². The van der Waals surface area contributed by atoms with Gasteiger partial charge in [-0.15, -0.1) is 0 Å². The largest absolute Gasteiger partial charge is 0.460 e. The summed E-state index contributed by atoms with van der Waals surface area (Å²) < 4.78 is 4.84. The first-order valence-electron chi connectivity index (χ1n) is 7.25. The summed E-state index contributed by atoms with van der Waals surface area (Å²) in [6.07, 6.45) is 1.12. The van der Waals surface area contributed by atoms with E-state index in [9.17, 15) is 4.79 Å². The molecule has 1 aromatic carbocycles. The van der Waals surface area contributed by atoms with Crippen molar-refractivity contribution in [2.45, 2.75) is 38.8 Å². The smallest absolute Gasteiger partial charge is 0.330 e. The summed E-state index contributed by atoms with van der Waals surface area (Å²) in [5.41, 5.74) is 10.5. The SMILES string of the molecule is C=CC(=O)OCCONC(C)(C)c1cccc(C(C)(C)N)c1. The minimum Gasteiger partial charge on any atom is -0.460 e. The predicted molar refractivity (Wildman–Crippen MR) is 86.9 cm³/mol. The average molecular weight is 306 g/mol. The van der Waals surface area contributed by atoms with Gasteiger partial charge in [-0.05, 0) is 38.8 Å². The number of hydroxylamine groups is 1. The van der Waals surface area contributed by atoms with Crippen molar-refractivity contribution in [3.63, 3.8) is 0 Å². The van der Waals surface area contributed by atoms with Crippen LogP contribution >= 0.6 is 0 Å². The maximum absolute atomic E-state index is 10.9. The number of ether oxygens (including phenoxy) is 1. The number of rotatable bonds is 8. The normalized spacial score (nSPS) is 12.0. The molecule has 0 unspecified atom stereocenters. The Hall–Kier alpha value is -1.69. The third kappa shape index (κ3) is 5.60. The Bertz CT molecular complexity index is 519. The third-order valence-corrected chi connectivity index (χ3v) is 3.25. The Kier molecular flexibility index (Phi) is 6.29. The van der Waals surface area contributed by atoms with Gasteiger partial charge in [-0.3, -0.25) is 4.84 Å². The van der Waals surface area contributed by atoms with Crippen LogP contribution < -0.4 is 11.2 Å². The minimum atomic E-state index is -0.458. The van der Waals surface area contributed by atoms with Gasteiger partial charge in [0, 0.05) is 11.6 Å². The van der Waals surface area contributed by atoms with Crippen LogP contribution in [0.3, 0.4) is 0 Å². The maximum Gasteiger partial charge on any atom is 0.330 e. The number of hydrogen-bond acceptors (Lipinski definition) is 5. The maximum atomic E-state index is 10.9. The van der Waals surface area contributed by atoms with Gasteiger partial charge in [-0.2, -0.15) is 5.48 Å². The summed E-state index contributed by atoms with van der Waals surface area (Å²) in [6.45, 7) is 11.7. The molecule has 5 heteroatoms. The van der Waals surface area contributed by atoms with E-state index in [0.717, 1.165) is 17.2 Å². The van der Waals surface area contributed by atoms with E-state index in [1.54, 1.807) is 0 Å². The highest BCUT2D eigenvalue weighted by Gasteiger charge is 2.23. The van der Waals surface area contributed by atoms with Crippen molar-refractivity contribution in [3.05, 3.63) is 48.0 Å². The number of nitrogens with two attached hydrogens (primary N) is 1. The number of carbonyl (C=O) groups excluding carboxylic acids is 1. The standard InChI is InChI=1S/C17H26N2O3/c1-6-15(20)21-10-11-22-19-17(4,5)14-9-7-8-13(12-14)16(2,3)18/h6-9,12,19H,1,10-11,18H2,2-5H3. The Balaban J connectivity index is 2.59. The molecule has 22 heavy (non-hydrogen) atoms. The lowest BCUT2D eigenvalue weighted by Crippen LogP contribution is -2.38. The monoisotopic (exact) mass is 306 g/mol. The van der Waals surface area contributed by atoms with Gasteiger partial charge in [-0.25, -0.2) is 4.79 Å². The molecule has 3 N–H and O–H groups in total. The molecule has 1 aromatic rings. The molecule has 0 aromatic heterocycles. The second-order valence-electron chi connectivity index (χ2n) is 6.25. The summed E-state index contributed by atoms with van der Waals surface area (Å²) in [5.74, 6) is -0.458. The molecule has 0 aliphatic carbocycles. The van der Waals surface area contributed by atoms with Gasteiger partial charge in [0.25, 0.3) is 0 Å². The van der Waals surface area contributed by atoms with Crippen LogP contribution in [0, 0.1) is 0 Å². The van der Waals surface area contributed by atoms with Gasteiger partial charge in [-0.1, -0.05) is 30.8 Å². The van der Waals surface area contributed by atoms with Gasteiger partial charge in [0.2, 0.25) is 0 Å². The summed E-state index contributed by atoms with van der Waals surface area (Å²) in [6, 6.07) is 8.07. The van der Waals surface area contributed by atoms with Crippen molar-refractivity contribution >= 4 is 5.97 Å². The second kappa shape index (κ2) is 7.54. The van der Waals surface area contributed by atoms with Gasteiger partial charge in [0.05, 0.1) is 5.54 Å². The van der Waals surface area contributed by atoms with E-state index in [-0.39, 0.29) is 13.2 Å². The number of benzene rings is 1. The van der Waals surface area contributed by atoms with Crippen molar-refractivity contribution in [1.29, 1.82) is 0 Å². The highest BCUT2D eigenvalue weighted by atomic mass is 16.7. The van der Waals surface area contributed by atoms with E-state index in [1.807, 2.05) is 45.9 Å². The number of hydrogen-bond donors (Lipinski definition) is 2. The number of esters is 1. The number of nitrogens with one attached hydrogen (secondary N) is 1. The Morgan fingerprint density at radius 2 is 1.91 bits per heavy atom. The average Bonchev–Trinajstić information content (AvgIpc) is 2.45. The quantitative estimate of drug-likeness (QED) is 0.334. The van der Waals surface area contributed by atoms with Crippen molar-refractivity contribution < 1.29 is 14.4 Å². The molecule has 5 nitrogen and oxygen atoms in total. The molecule has 0 heterocycles. The fraction of sp³-hybridized carbons (Fsp3) is 0.471. The predicted octanol–water partition coefficient (Wildman–Crippen LogP) is 2.37. The third-order valence-electron chi connectivity index (χ3n) is 3.25. The van der Waals surface area contributed by atoms with Gasteiger partial charge >= 0.3 is 5.97 Å². The molecule has 0 saturated carbocycles. The van der Waals surface area contributed by atoms with Crippen LogP contribution in [0.5, 0.6) is 0 Å². The molecule has 0 radical (unpaired) electrons. The summed E-state index contributed by atoms with van der Waals surface area (Å²) in [4.78, 5) is 16.3. The Morgan fingerprint density at radius 1 is 1.27 bits per heavy atom. The van der Waals surface area contributed by atoms with E-state index >= 15 is 0 Å². The second-order valence-corrected chi connectivity index (χ2v) is 6.25. The summed E-state index contributed by atoms with van der Waals surface area (Å²) in [5, 5.41) is 0. The van der Waals surface area contributed by atoms with Crippen molar-refractivity contribution in [2.24, 2.45) is 5.73 Å². The van der Waals surface area contributed by atoms with Crippen LogP contribution in [-0.2, 0) is 25.4 Å². The molecule has 0 bridgehead atoms. The van der Waals surface area contributed by atoms with Gasteiger partial charge in [0.1, 0.15) is 13.2 Å². The van der Waals surface area contributed by atoms with E-state index in [1.165, 1.54) is 0 Å². The first-order valence-corrected chi connectivity index (χ1v) is 7.25. The molecule has 0 aliphatic heterocycles. The molecule has 1 rings (SSSR count). The van der Waals surface area contributed by atoms with Crippen LogP contribution in [-0.4, -0.2) is 19.2 Å². The van der Waals surface area contributed by atoms with Crippen LogP contribution in [0.15, 0.2) is 36.9 Å². The van der Waals surface area contributed by atoms with Crippen LogP contribution in [0.2, 0.25) is 0 Å². The lowest BCUT2D eigenvalue weighted by Gasteiger charge is -2.28. The minimum absolute atomic E-state index is 0.170. The lowest BCUT2D eigenvalue weighted by molar-refractivity contribution is -0.141. The van der Waals surface area contributed by atoms with E-state index < -0.39 is 17.0 Å². The molecule has 0 fully saturated rings.